The zero-order valence-corrected chi connectivity index (χ0v) is 9.60. The predicted octanol–water partition coefficient (Wildman–Crippen LogP) is 3.08. The van der Waals surface area contributed by atoms with Crippen LogP contribution in [-0.4, -0.2) is 16.6 Å². The highest BCUT2D eigenvalue weighted by molar-refractivity contribution is 6.32. The summed E-state index contributed by atoms with van der Waals surface area (Å²) >= 11 is 5.60. The second kappa shape index (κ2) is 3.63. The number of benzene rings is 1. The van der Waals surface area contributed by atoms with Crippen molar-refractivity contribution in [3.05, 3.63) is 35.0 Å². The SMILES string of the molecule is O=C(CCl)c1c[nH]c2c3c(ccc12)CCC3. The van der Waals surface area contributed by atoms with Crippen LogP contribution < -0.4 is 0 Å². The Balaban J connectivity index is 2.26. The molecule has 0 saturated heterocycles. The highest BCUT2D eigenvalue weighted by atomic mass is 35.5. The van der Waals surface area contributed by atoms with Crippen molar-refractivity contribution in [1.82, 2.24) is 4.98 Å². The number of fused-ring (bicyclic) bond motifs is 3. The maximum absolute atomic E-state index is 11.6. The number of alkyl halides is 1. The topological polar surface area (TPSA) is 32.9 Å². The largest absolute Gasteiger partial charge is 0.360 e. The molecule has 1 aliphatic carbocycles. The highest BCUT2D eigenvalue weighted by Crippen LogP contribution is 2.31. The minimum atomic E-state index is -0.00846. The lowest BCUT2D eigenvalue weighted by Gasteiger charge is -2.01. The van der Waals surface area contributed by atoms with Gasteiger partial charge in [-0.1, -0.05) is 12.1 Å². The molecule has 16 heavy (non-hydrogen) atoms. The second-order valence-corrected chi connectivity index (χ2v) is 4.51. The molecule has 0 unspecified atom stereocenters. The maximum atomic E-state index is 11.6. The molecule has 1 aromatic heterocycles. The van der Waals surface area contributed by atoms with E-state index in [9.17, 15) is 4.79 Å². The molecule has 0 amide bonds. The molecule has 2 nitrogen and oxygen atoms in total. The van der Waals surface area contributed by atoms with Crippen LogP contribution in [0.3, 0.4) is 0 Å². The van der Waals surface area contributed by atoms with Crippen LogP contribution >= 0.6 is 11.6 Å². The molecule has 1 aromatic carbocycles. The molecule has 0 saturated carbocycles. The van der Waals surface area contributed by atoms with Gasteiger partial charge < -0.3 is 4.98 Å². The van der Waals surface area contributed by atoms with Gasteiger partial charge in [0.2, 0.25) is 0 Å². The first-order chi connectivity index (χ1) is 7.81. The van der Waals surface area contributed by atoms with E-state index in [1.165, 1.54) is 17.5 Å². The van der Waals surface area contributed by atoms with Gasteiger partial charge in [-0.25, -0.2) is 0 Å². The number of aromatic amines is 1. The summed E-state index contributed by atoms with van der Waals surface area (Å²) in [5.41, 5.74) is 4.65. The first kappa shape index (κ1) is 9.91. The summed E-state index contributed by atoms with van der Waals surface area (Å²) < 4.78 is 0. The number of hydrogen-bond acceptors (Lipinski definition) is 1. The molecule has 0 aliphatic heterocycles. The van der Waals surface area contributed by atoms with Gasteiger partial charge in [-0.3, -0.25) is 4.79 Å². The molecule has 3 heteroatoms. The zero-order valence-electron chi connectivity index (χ0n) is 8.85. The van der Waals surface area contributed by atoms with Crippen LogP contribution in [0.1, 0.15) is 27.9 Å². The number of Topliss-reactive ketones (excluding diaryl/α,β-unsaturated/α-hetero) is 1. The van der Waals surface area contributed by atoms with Gasteiger partial charge in [-0.15, -0.1) is 11.6 Å². The fourth-order valence-corrected chi connectivity index (χ4v) is 2.72. The Morgan fingerprint density at radius 2 is 2.25 bits per heavy atom. The molecule has 0 spiro atoms. The summed E-state index contributed by atoms with van der Waals surface area (Å²) in [5, 5.41) is 1.02. The van der Waals surface area contributed by atoms with E-state index in [1.807, 2.05) is 6.07 Å². The van der Waals surface area contributed by atoms with Crippen LogP contribution in [-0.2, 0) is 12.8 Å². The number of hydrogen-bond donors (Lipinski definition) is 1. The van der Waals surface area contributed by atoms with Crippen molar-refractivity contribution in [2.24, 2.45) is 0 Å². The molecule has 0 bridgehead atoms. The summed E-state index contributed by atoms with van der Waals surface area (Å²) in [6.07, 6.45) is 5.27. The quantitative estimate of drug-likeness (QED) is 0.628. The number of H-pyrrole nitrogens is 1. The van der Waals surface area contributed by atoms with Crippen molar-refractivity contribution in [2.45, 2.75) is 19.3 Å². The number of carbonyl (C=O) groups excluding carboxylic acids is 1. The van der Waals surface area contributed by atoms with Gasteiger partial charge in [0.15, 0.2) is 5.78 Å². The number of aromatic nitrogens is 1. The van der Waals surface area contributed by atoms with Crippen molar-refractivity contribution in [1.29, 1.82) is 0 Å². The lowest BCUT2D eigenvalue weighted by atomic mass is 10.0. The minimum Gasteiger partial charge on any atom is -0.360 e. The van der Waals surface area contributed by atoms with Gasteiger partial charge in [0.05, 0.1) is 5.88 Å². The monoisotopic (exact) mass is 233 g/mol. The Labute approximate surface area is 98.6 Å². The Morgan fingerprint density at radius 1 is 1.38 bits per heavy atom. The Bertz CT molecular complexity index is 571. The predicted molar refractivity (Wildman–Crippen MR) is 65.4 cm³/mol. The van der Waals surface area contributed by atoms with Gasteiger partial charge in [-0.05, 0) is 30.4 Å². The lowest BCUT2D eigenvalue weighted by molar-refractivity contribution is 0.102. The molecule has 0 fully saturated rings. The van der Waals surface area contributed by atoms with Gasteiger partial charge in [0, 0.05) is 22.7 Å². The Kier molecular flexibility index (Phi) is 2.25. The second-order valence-electron chi connectivity index (χ2n) is 4.24. The molecule has 1 N–H and O–H groups in total. The molecule has 0 radical (unpaired) electrons. The number of nitrogens with one attached hydrogen (secondary N) is 1. The summed E-state index contributed by atoms with van der Waals surface area (Å²) in [6.45, 7) is 0. The van der Waals surface area contributed by atoms with E-state index < -0.39 is 0 Å². The van der Waals surface area contributed by atoms with Crippen molar-refractivity contribution in [3.8, 4) is 0 Å². The maximum Gasteiger partial charge on any atom is 0.179 e. The van der Waals surface area contributed by atoms with Crippen LogP contribution in [0.2, 0.25) is 0 Å². The number of rotatable bonds is 2. The van der Waals surface area contributed by atoms with Crippen molar-refractivity contribution < 1.29 is 4.79 Å². The molecule has 0 atom stereocenters. The van der Waals surface area contributed by atoms with E-state index in [-0.39, 0.29) is 11.7 Å². The van der Waals surface area contributed by atoms with Crippen LogP contribution in [0.4, 0.5) is 0 Å². The summed E-state index contributed by atoms with van der Waals surface area (Å²) in [4.78, 5) is 14.9. The summed E-state index contributed by atoms with van der Waals surface area (Å²) in [5.74, 6) is 0.0372. The van der Waals surface area contributed by atoms with E-state index in [1.54, 1.807) is 6.20 Å². The Hall–Kier alpha value is -1.28. The zero-order chi connectivity index (χ0) is 11.1. The first-order valence-corrected chi connectivity index (χ1v) is 6.05. The van der Waals surface area contributed by atoms with Crippen molar-refractivity contribution in [2.75, 3.05) is 5.88 Å². The third-order valence-electron chi connectivity index (χ3n) is 3.36. The van der Waals surface area contributed by atoms with Crippen LogP contribution in [0, 0.1) is 0 Å². The molecule has 1 aliphatic rings. The number of ketones is 1. The molecule has 2 aromatic rings. The molecular weight excluding hydrogens is 222 g/mol. The van der Waals surface area contributed by atoms with Gasteiger partial charge in [-0.2, -0.15) is 0 Å². The third-order valence-corrected chi connectivity index (χ3v) is 3.60. The van der Waals surface area contributed by atoms with E-state index in [0.717, 1.165) is 29.3 Å². The van der Waals surface area contributed by atoms with E-state index in [4.69, 9.17) is 11.6 Å². The van der Waals surface area contributed by atoms with E-state index >= 15 is 0 Å². The van der Waals surface area contributed by atoms with Crippen molar-refractivity contribution in [3.63, 3.8) is 0 Å². The average Bonchev–Trinajstić information content (AvgIpc) is 2.92. The smallest absolute Gasteiger partial charge is 0.179 e. The fourth-order valence-electron chi connectivity index (χ4n) is 2.58. The van der Waals surface area contributed by atoms with Crippen LogP contribution in [0.5, 0.6) is 0 Å². The number of carbonyl (C=O) groups is 1. The van der Waals surface area contributed by atoms with Gasteiger partial charge >= 0.3 is 0 Å². The van der Waals surface area contributed by atoms with Gasteiger partial charge in [0.1, 0.15) is 0 Å². The number of aryl methyl sites for hydroxylation is 2. The summed E-state index contributed by atoms with van der Waals surface area (Å²) in [7, 11) is 0. The molecular formula is C13H12ClNO. The molecule has 3 rings (SSSR count). The van der Waals surface area contributed by atoms with Gasteiger partial charge in [0.25, 0.3) is 0 Å². The average molecular weight is 234 g/mol. The Morgan fingerprint density at radius 3 is 3.06 bits per heavy atom. The minimum absolute atomic E-state index is 0.00846. The molecule has 82 valence electrons. The van der Waals surface area contributed by atoms with E-state index in [2.05, 4.69) is 11.1 Å². The van der Waals surface area contributed by atoms with Crippen LogP contribution in [0.15, 0.2) is 18.3 Å². The van der Waals surface area contributed by atoms with Crippen LogP contribution in [0.25, 0.3) is 10.9 Å². The highest BCUT2D eigenvalue weighted by Gasteiger charge is 2.18. The summed E-state index contributed by atoms with van der Waals surface area (Å²) in [6, 6.07) is 4.18. The lowest BCUT2D eigenvalue weighted by Crippen LogP contribution is -1.98. The first-order valence-electron chi connectivity index (χ1n) is 5.52. The fraction of sp³-hybridized carbons (Fsp3) is 0.308. The number of halogens is 1. The normalized spacial score (nSPS) is 14.3. The van der Waals surface area contributed by atoms with E-state index in [0.29, 0.717) is 0 Å². The standard InChI is InChI=1S/C13H12ClNO/c14-6-12(16)11-7-15-13-9-3-1-2-8(9)4-5-10(11)13/h4-5,7,15H,1-3,6H2. The third kappa shape index (κ3) is 1.30. The van der Waals surface area contributed by atoms with Crippen molar-refractivity contribution >= 4 is 28.3 Å². The molecule has 1 heterocycles.